The maximum Gasteiger partial charge on any atom is 0.328 e. The zero-order chi connectivity index (χ0) is 13.5. The fourth-order valence-electron chi connectivity index (χ4n) is 1.70. The van der Waals surface area contributed by atoms with Crippen LogP contribution in [0.25, 0.3) is 5.65 Å². The van der Waals surface area contributed by atoms with E-state index >= 15 is 0 Å². The fraction of sp³-hybridized carbons (Fsp3) is 0.417. The highest BCUT2D eigenvalue weighted by molar-refractivity contribution is 5.82. The molecule has 0 saturated carbocycles. The van der Waals surface area contributed by atoms with Gasteiger partial charge in [-0.2, -0.15) is 9.61 Å². The largest absolute Gasteiger partial charge is 0.480 e. The summed E-state index contributed by atoms with van der Waals surface area (Å²) >= 11 is 0. The summed E-state index contributed by atoms with van der Waals surface area (Å²) in [5.74, 6) is -0.185. The lowest BCUT2D eigenvalue weighted by molar-refractivity contribution is -0.142. The molecule has 2 aromatic rings. The number of fused-ring (bicyclic) bond motifs is 1. The van der Waals surface area contributed by atoms with E-state index in [1.165, 1.54) is 6.33 Å². The van der Waals surface area contributed by atoms with Crippen LogP contribution in [0.5, 0.6) is 0 Å². The smallest absolute Gasteiger partial charge is 0.328 e. The molecule has 0 fully saturated rings. The second-order valence-corrected chi connectivity index (χ2v) is 4.84. The van der Waals surface area contributed by atoms with E-state index in [-0.39, 0.29) is 0 Å². The number of aryl methyl sites for hydroxylation is 1. The standard InChI is InChI=1S/C12H16N4O2/c1-8-5-9-13-7-14-16(9)10(6-8)15(4)12(2,3)11(17)18/h5-7H,1-4H3,(H,17,18). The minimum Gasteiger partial charge on any atom is -0.480 e. The highest BCUT2D eigenvalue weighted by atomic mass is 16.4. The first kappa shape index (κ1) is 12.3. The number of rotatable bonds is 3. The lowest BCUT2D eigenvalue weighted by atomic mass is 10.0. The first-order chi connectivity index (χ1) is 8.34. The summed E-state index contributed by atoms with van der Waals surface area (Å²) in [6, 6.07) is 3.80. The summed E-state index contributed by atoms with van der Waals surface area (Å²) in [6.07, 6.45) is 1.46. The average molecular weight is 248 g/mol. The van der Waals surface area contributed by atoms with Gasteiger partial charge in [0.1, 0.15) is 17.7 Å². The molecule has 0 saturated heterocycles. The van der Waals surface area contributed by atoms with E-state index in [9.17, 15) is 9.90 Å². The third-order valence-corrected chi connectivity index (χ3v) is 3.21. The van der Waals surface area contributed by atoms with Crippen LogP contribution in [0.3, 0.4) is 0 Å². The van der Waals surface area contributed by atoms with Crippen LogP contribution in [0.1, 0.15) is 19.4 Å². The molecule has 1 N–H and O–H groups in total. The normalized spacial score (nSPS) is 11.8. The lowest BCUT2D eigenvalue weighted by Gasteiger charge is -2.33. The van der Waals surface area contributed by atoms with Crippen molar-refractivity contribution in [3.8, 4) is 0 Å². The summed E-state index contributed by atoms with van der Waals surface area (Å²) in [4.78, 5) is 17.1. The van der Waals surface area contributed by atoms with Crippen LogP contribution in [0, 0.1) is 6.92 Å². The van der Waals surface area contributed by atoms with Gasteiger partial charge in [-0.05, 0) is 38.5 Å². The van der Waals surface area contributed by atoms with Crippen LogP contribution in [0.2, 0.25) is 0 Å². The van der Waals surface area contributed by atoms with Gasteiger partial charge < -0.3 is 10.0 Å². The van der Waals surface area contributed by atoms with Gasteiger partial charge in [-0.15, -0.1) is 0 Å². The molecule has 0 bridgehead atoms. The zero-order valence-electron chi connectivity index (χ0n) is 10.9. The number of carbonyl (C=O) groups is 1. The van der Waals surface area contributed by atoms with Crippen molar-refractivity contribution in [3.05, 3.63) is 24.0 Å². The van der Waals surface area contributed by atoms with Gasteiger partial charge in [0.05, 0.1) is 0 Å². The van der Waals surface area contributed by atoms with Gasteiger partial charge in [-0.3, -0.25) is 0 Å². The zero-order valence-corrected chi connectivity index (χ0v) is 10.9. The molecule has 6 heteroatoms. The van der Waals surface area contributed by atoms with Crippen LogP contribution in [-0.4, -0.2) is 38.3 Å². The quantitative estimate of drug-likeness (QED) is 0.887. The van der Waals surface area contributed by atoms with Gasteiger partial charge >= 0.3 is 5.97 Å². The minimum atomic E-state index is -1.02. The highest BCUT2D eigenvalue weighted by Gasteiger charge is 2.33. The third-order valence-electron chi connectivity index (χ3n) is 3.21. The molecule has 0 amide bonds. The fourth-order valence-corrected chi connectivity index (χ4v) is 1.70. The topological polar surface area (TPSA) is 70.7 Å². The number of nitrogens with zero attached hydrogens (tertiary/aromatic N) is 4. The third kappa shape index (κ3) is 1.79. The average Bonchev–Trinajstić information content (AvgIpc) is 2.74. The maximum atomic E-state index is 11.3. The van der Waals surface area contributed by atoms with Crippen molar-refractivity contribution < 1.29 is 9.90 Å². The molecule has 0 aliphatic carbocycles. The van der Waals surface area contributed by atoms with E-state index < -0.39 is 11.5 Å². The van der Waals surface area contributed by atoms with Gasteiger partial charge in [-0.1, -0.05) is 0 Å². The molecule has 96 valence electrons. The second-order valence-electron chi connectivity index (χ2n) is 4.84. The van der Waals surface area contributed by atoms with E-state index in [2.05, 4.69) is 10.1 Å². The van der Waals surface area contributed by atoms with Gasteiger partial charge in [0.25, 0.3) is 0 Å². The Labute approximate surface area is 105 Å². The molecule has 0 aliphatic heterocycles. The molecule has 0 aliphatic rings. The number of anilines is 1. The summed E-state index contributed by atoms with van der Waals surface area (Å²) in [6.45, 7) is 5.25. The van der Waals surface area contributed by atoms with Gasteiger partial charge in [0, 0.05) is 7.05 Å². The number of pyridine rings is 1. The predicted octanol–water partition coefficient (Wildman–Crippen LogP) is 1.34. The molecule has 0 radical (unpaired) electrons. The number of hydrogen-bond acceptors (Lipinski definition) is 4. The number of carboxylic acids is 1. The maximum absolute atomic E-state index is 11.3. The number of carboxylic acid groups (broad SMARTS) is 1. The summed E-state index contributed by atoms with van der Waals surface area (Å²) in [5, 5.41) is 13.4. The molecule has 0 aromatic carbocycles. The molecule has 2 aromatic heterocycles. The van der Waals surface area contributed by atoms with Crippen molar-refractivity contribution in [2.45, 2.75) is 26.3 Å². The Morgan fingerprint density at radius 2 is 2.11 bits per heavy atom. The van der Waals surface area contributed by atoms with E-state index in [0.717, 1.165) is 5.56 Å². The Morgan fingerprint density at radius 1 is 1.44 bits per heavy atom. The van der Waals surface area contributed by atoms with Crippen molar-refractivity contribution in [3.63, 3.8) is 0 Å². The first-order valence-electron chi connectivity index (χ1n) is 5.61. The minimum absolute atomic E-state index is 0.704. The summed E-state index contributed by atoms with van der Waals surface area (Å²) in [7, 11) is 1.74. The van der Waals surface area contributed by atoms with Crippen molar-refractivity contribution in [1.29, 1.82) is 0 Å². The van der Waals surface area contributed by atoms with Crippen LogP contribution in [-0.2, 0) is 4.79 Å². The SMILES string of the molecule is Cc1cc(N(C)C(C)(C)C(=O)O)n2ncnc2c1. The summed E-state index contributed by atoms with van der Waals surface area (Å²) in [5.41, 5.74) is 0.698. The Bertz CT molecular complexity index is 603. The molecule has 0 spiro atoms. The lowest BCUT2D eigenvalue weighted by Crippen LogP contribution is -2.48. The van der Waals surface area contributed by atoms with Gasteiger partial charge in [0.15, 0.2) is 5.65 Å². The molecule has 0 atom stereocenters. The molecule has 2 rings (SSSR count). The summed E-state index contributed by atoms with van der Waals surface area (Å²) < 4.78 is 1.64. The molecule has 2 heterocycles. The monoisotopic (exact) mass is 248 g/mol. The highest BCUT2D eigenvalue weighted by Crippen LogP contribution is 2.24. The Morgan fingerprint density at radius 3 is 2.72 bits per heavy atom. The first-order valence-corrected chi connectivity index (χ1v) is 5.61. The van der Waals surface area contributed by atoms with Crippen molar-refractivity contribution in [2.75, 3.05) is 11.9 Å². The van der Waals surface area contributed by atoms with Crippen LogP contribution >= 0.6 is 0 Å². The number of aromatic nitrogens is 3. The Kier molecular flexibility index (Phi) is 2.73. The molecule has 6 nitrogen and oxygen atoms in total. The molecular formula is C12H16N4O2. The van der Waals surface area contributed by atoms with E-state index in [4.69, 9.17) is 0 Å². The Balaban J connectivity index is 2.60. The van der Waals surface area contributed by atoms with Crippen LogP contribution in [0.15, 0.2) is 18.5 Å². The van der Waals surface area contributed by atoms with E-state index in [0.29, 0.717) is 11.5 Å². The van der Waals surface area contributed by atoms with E-state index in [1.807, 2.05) is 19.1 Å². The van der Waals surface area contributed by atoms with Crippen molar-refractivity contribution in [2.24, 2.45) is 0 Å². The Hall–Kier alpha value is -2.11. The molecule has 18 heavy (non-hydrogen) atoms. The second kappa shape index (κ2) is 3.97. The van der Waals surface area contributed by atoms with Crippen LogP contribution < -0.4 is 4.90 Å². The van der Waals surface area contributed by atoms with Crippen molar-refractivity contribution >= 4 is 17.4 Å². The van der Waals surface area contributed by atoms with Gasteiger partial charge in [0.2, 0.25) is 0 Å². The van der Waals surface area contributed by atoms with Crippen LogP contribution in [0.4, 0.5) is 5.82 Å². The number of aliphatic carboxylic acids is 1. The van der Waals surface area contributed by atoms with E-state index in [1.54, 1.807) is 30.3 Å². The number of likely N-dealkylation sites (N-methyl/N-ethyl adjacent to an activating group) is 1. The van der Waals surface area contributed by atoms with Crippen molar-refractivity contribution in [1.82, 2.24) is 14.6 Å². The number of hydrogen-bond donors (Lipinski definition) is 1. The molecule has 0 unspecified atom stereocenters. The predicted molar refractivity (Wildman–Crippen MR) is 67.8 cm³/mol. The van der Waals surface area contributed by atoms with Gasteiger partial charge in [-0.25, -0.2) is 9.78 Å². The molecular weight excluding hydrogens is 232 g/mol.